The second-order valence-electron chi connectivity index (χ2n) is 4.54. The molecule has 4 heteroatoms. The first-order chi connectivity index (χ1) is 8.83. The molecule has 4 nitrogen and oxygen atoms in total. The minimum atomic E-state index is 0.326. The number of rotatable bonds is 3. The van der Waals surface area contributed by atoms with Crippen LogP contribution >= 0.6 is 0 Å². The molecule has 1 unspecified atom stereocenters. The molecule has 0 radical (unpaired) electrons. The van der Waals surface area contributed by atoms with Crippen LogP contribution in [0.15, 0.2) is 34.9 Å². The van der Waals surface area contributed by atoms with E-state index >= 15 is 0 Å². The van der Waals surface area contributed by atoms with Gasteiger partial charge in [0.25, 0.3) is 0 Å². The van der Waals surface area contributed by atoms with E-state index in [4.69, 9.17) is 9.26 Å². The fraction of sp³-hybridized carbons (Fsp3) is 0.357. The molecule has 18 heavy (non-hydrogen) atoms. The van der Waals surface area contributed by atoms with E-state index in [1.165, 1.54) is 5.56 Å². The molecule has 1 aromatic heterocycles. The van der Waals surface area contributed by atoms with Gasteiger partial charge in [-0.05, 0) is 13.0 Å². The fourth-order valence-electron chi connectivity index (χ4n) is 2.28. The van der Waals surface area contributed by atoms with Gasteiger partial charge in [-0.15, -0.1) is 0 Å². The Balaban J connectivity index is 1.71. The summed E-state index contributed by atoms with van der Waals surface area (Å²) in [4.78, 5) is 0. The number of nitrogens with one attached hydrogen (secondary N) is 1. The van der Waals surface area contributed by atoms with Crippen LogP contribution in [0, 0.1) is 6.92 Å². The highest BCUT2D eigenvalue weighted by Gasteiger charge is 2.20. The third kappa shape index (κ3) is 2.24. The van der Waals surface area contributed by atoms with Crippen LogP contribution in [0.25, 0.3) is 0 Å². The predicted molar refractivity (Wildman–Crippen MR) is 67.4 cm³/mol. The van der Waals surface area contributed by atoms with Crippen molar-refractivity contribution in [1.82, 2.24) is 10.5 Å². The summed E-state index contributed by atoms with van der Waals surface area (Å²) in [5.41, 5.74) is 2.17. The molecular weight excluding hydrogens is 228 g/mol. The lowest BCUT2D eigenvalue weighted by molar-refractivity contribution is 0.251. The summed E-state index contributed by atoms with van der Waals surface area (Å²) in [6.07, 6.45) is 0.980. The summed E-state index contributed by atoms with van der Waals surface area (Å²) in [5.74, 6) is 1.83. The molecule has 2 aromatic rings. The molecule has 0 fully saturated rings. The first-order valence-electron chi connectivity index (χ1n) is 6.20. The van der Waals surface area contributed by atoms with E-state index in [1.54, 1.807) is 0 Å². The van der Waals surface area contributed by atoms with Crippen molar-refractivity contribution in [1.29, 1.82) is 0 Å². The highest BCUT2D eigenvalue weighted by molar-refractivity contribution is 5.37. The maximum absolute atomic E-state index is 5.64. The number of aromatic nitrogens is 1. The summed E-state index contributed by atoms with van der Waals surface area (Å²) < 4.78 is 10.7. The average molecular weight is 244 g/mol. The third-order valence-corrected chi connectivity index (χ3v) is 3.16. The summed E-state index contributed by atoms with van der Waals surface area (Å²) >= 11 is 0. The number of nitrogens with zero attached hydrogens (tertiary/aromatic N) is 1. The van der Waals surface area contributed by atoms with Crippen molar-refractivity contribution in [3.63, 3.8) is 0 Å². The van der Waals surface area contributed by atoms with Crippen LogP contribution in [0.1, 0.15) is 29.5 Å². The van der Waals surface area contributed by atoms with Gasteiger partial charge in [0, 0.05) is 30.6 Å². The first-order valence-corrected chi connectivity index (χ1v) is 6.20. The highest BCUT2D eigenvalue weighted by atomic mass is 16.5. The Hall–Kier alpha value is -1.81. The normalized spacial score (nSPS) is 18.2. The zero-order chi connectivity index (χ0) is 12.4. The molecule has 0 aliphatic carbocycles. The van der Waals surface area contributed by atoms with Gasteiger partial charge in [0.15, 0.2) is 0 Å². The average Bonchev–Trinajstić information content (AvgIpc) is 2.82. The number of fused-ring (bicyclic) bond motifs is 1. The topological polar surface area (TPSA) is 47.3 Å². The molecule has 1 aliphatic heterocycles. The second-order valence-corrected chi connectivity index (χ2v) is 4.54. The number of para-hydroxylation sites is 1. The van der Waals surface area contributed by atoms with Crippen molar-refractivity contribution in [2.75, 3.05) is 6.61 Å². The van der Waals surface area contributed by atoms with Gasteiger partial charge in [-0.2, -0.15) is 0 Å². The van der Waals surface area contributed by atoms with Gasteiger partial charge in [-0.3, -0.25) is 0 Å². The lowest BCUT2D eigenvalue weighted by Gasteiger charge is -2.26. The van der Waals surface area contributed by atoms with E-state index in [2.05, 4.69) is 16.5 Å². The zero-order valence-electron chi connectivity index (χ0n) is 10.3. The Morgan fingerprint density at radius 3 is 3.11 bits per heavy atom. The summed E-state index contributed by atoms with van der Waals surface area (Å²) in [6.45, 7) is 3.38. The second kappa shape index (κ2) is 4.82. The minimum absolute atomic E-state index is 0.326. The molecular formula is C14H16N2O2. The summed E-state index contributed by atoms with van der Waals surface area (Å²) in [7, 11) is 0. The molecule has 0 spiro atoms. The van der Waals surface area contributed by atoms with E-state index in [9.17, 15) is 0 Å². The maximum atomic E-state index is 5.64. The Morgan fingerprint density at radius 2 is 2.28 bits per heavy atom. The van der Waals surface area contributed by atoms with Crippen molar-refractivity contribution in [3.8, 4) is 5.75 Å². The lowest BCUT2D eigenvalue weighted by Crippen LogP contribution is -2.26. The van der Waals surface area contributed by atoms with Gasteiger partial charge in [-0.25, -0.2) is 0 Å². The van der Waals surface area contributed by atoms with E-state index < -0.39 is 0 Å². The molecule has 2 heterocycles. The van der Waals surface area contributed by atoms with Crippen LogP contribution in [0.3, 0.4) is 0 Å². The van der Waals surface area contributed by atoms with Crippen LogP contribution in [-0.2, 0) is 6.54 Å². The maximum Gasteiger partial charge on any atom is 0.133 e. The van der Waals surface area contributed by atoms with Crippen LogP contribution < -0.4 is 10.1 Å². The smallest absolute Gasteiger partial charge is 0.133 e. The quantitative estimate of drug-likeness (QED) is 0.901. The monoisotopic (exact) mass is 244 g/mol. The van der Waals surface area contributed by atoms with Crippen molar-refractivity contribution in [3.05, 3.63) is 47.3 Å². The Kier molecular flexibility index (Phi) is 3.02. The molecule has 0 saturated heterocycles. The molecule has 1 N–H and O–H groups in total. The molecule has 0 amide bonds. The van der Waals surface area contributed by atoms with E-state index in [-0.39, 0.29) is 0 Å². The number of aryl methyl sites for hydroxylation is 1. The molecule has 94 valence electrons. The standard InChI is InChI=1S/C14H16N2O2/c1-10-8-11(16-18-10)9-15-13-6-7-17-14-5-3-2-4-12(13)14/h2-5,8,13,15H,6-7,9H2,1H3. The molecule has 1 aliphatic rings. The molecule has 1 aromatic carbocycles. The largest absolute Gasteiger partial charge is 0.493 e. The van der Waals surface area contributed by atoms with Crippen LogP contribution in [0.2, 0.25) is 0 Å². The van der Waals surface area contributed by atoms with Gasteiger partial charge >= 0.3 is 0 Å². The predicted octanol–water partition coefficient (Wildman–Crippen LogP) is 2.60. The van der Waals surface area contributed by atoms with Crippen molar-refractivity contribution < 1.29 is 9.26 Å². The zero-order valence-corrected chi connectivity index (χ0v) is 10.3. The van der Waals surface area contributed by atoms with Crippen LogP contribution in [0.5, 0.6) is 5.75 Å². The van der Waals surface area contributed by atoms with Crippen molar-refractivity contribution in [2.24, 2.45) is 0 Å². The molecule has 0 saturated carbocycles. The van der Waals surface area contributed by atoms with Crippen molar-refractivity contribution in [2.45, 2.75) is 25.9 Å². The molecule has 3 rings (SSSR count). The van der Waals surface area contributed by atoms with Crippen LogP contribution in [0.4, 0.5) is 0 Å². The first kappa shape index (κ1) is 11.3. The summed E-state index contributed by atoms with van der Waals surface area (Å²) in [6, 6.07) is 10.5. The molecule has 0 bridgehead atoms. The van der Waals surface area contributed by atoms with E-state index in [0.717, 1.165) is 36.8 Å². The van der Waals surface area contributed by atoms with Gasteiger partial charge in [0.1, 0.15) is 11.5 Å². The van der Waals surface area contributed by atoms with Gasteiger partial charge in [0.05, 0.1) is 12.3 Å². The number of hydrogen-bond acceptors (Lipinski definition) is 4. The Labute approximate surface area is 106 Å². The Morgan fingerprint density at radius 1 is 1.39 bits per heavy atom. The van der Waals surface area contributed by atoms with Crippen molar-refractivity contribution >= 4 is 0 Å². The third-order valence-electron chi connectivity index (χ3n) is 3.16. The van der Waals surface area contributed by atoms with Gasteiger partial charge in [0.2, 0.25) is 0 Å². The van der Waals surface area contributed by atoms with Gasteiger partial charge in [-0.1, -0.05) is 23.4 Å². The van der Waals surface area contributed by atoms with Crippen LogP contribution in [-0.4, -0.2) is 11.8 Å². The molecule has 1 atom stereocenters. The summed E-state index contributed by atoms with van der Waals surface area (Å²) in [5, 5.41) is 7.49. The highest BCUT2D eigenvalue weighted by Crippen LogP contribution is 2.31. The number of benzene rings is 1. The SMILES string of the molecule is Cc1cc(CNC2CCOc3ccccc32)no1. The fourth-order valence-corrected chi connectivity index (χ4v) is 2.28. The van der Waals surface area contributed by atoms with Gasteiger partial charge < -0.3 is 14.6 Å². The van der Waals surface area contributed by atoms with E-state index in [1.807, 2.05) is 31.2 Å². The Bertz CT molecular complexity index is 536. The number of ether oxygens (including phenoxy) is 1. The number of hydrogen-bond donors (Lipinski definition) is 1. The lowest BCUT2D eigenvalue weighted by atomic mass is 10.0. The van der Waals surface area contributed by atoms with E-state index in [0.29, 0.717) is 6.04 Å². The minimum Gasteiger partial charge on any atom is -0.493 e.